The molecule has 6 heteroatoms. The van der Waals surface area contributed by atoms with E-state index in [1.54, 1.807) is 31.4 Å². The van der Waals surface area contributed by atoms with Gasteiger partial charge < -0.3 is 9.84 Å². The highest BCUT2D eigenvalue weighted by Gasteiger charge is 2.17. The first kappa shape index (κ1) is 21.4. The van der Waals surface area contributed by atoms with E-state index in [0.717, 1.165) is 28.3 Å². The van der Waals surface area contributed by atoms with Gasteiger partial charge in [0.05, 0.1) is 24.2 Å². The summed E-state index contributed by atoms with van der Waals surface area (Å²) in [6.07, 6.45) is 1.17. The van der Waals surface area contributed by atoms with Gasteiger partial charge in [0.1, 0.15) is 5.75 Å². The van der Waals surface area contributed by atoms with E-state index in [0.29, 0.717) is 21.9 Å². The lowest BCUT2D eigenvalue weighted by molar-refractivity contribution is -0.131. The Morgan fingerprint density at radius 3 is 2.25 bits per heavy atom. The molecule has 1 N–H and O–H groups in total. The summed E-state index contributed by atoms with van der Waals surface area (Å²) in [5, 5.41) is 14.9. The van der Waals surface area contributed by atoms with Crippen molar-refractivity contribution in [3.63, 3.8) is 0 Å². The van der Waals surface area contributed by atoms with E-state index in [4.69, 9.17) is 21.4 Å². The van der Waals surface area contributed by atoms with Crippen LogP contribution in [-0.2, 0) is 4.79 Å². The lowest BCUT2D eigenvalue weighted by Crippen LogP contribution is -2.01. The van der Waals surface area contributed by atoms with Crippen molar-refractivity contribution in [3.8, 4) is 22.7 Å². The number of aromatic nitrogens is 2. The van der Waals surface area contributed by atoms with E-state index in [-0.39, 0.29) is 0 Å². The zero-order valence-corrected chi connectivity index (χ0v) is 18.4. The minimum absolute atomic E-state index is 0.495. The Bertz CT molecular complexity index is 1270. The highest BCUT2D eigenvalue weighted by molar-refractivity contribution is 6.30. The molecule has 1 heterocycles. The molecule has 4 rings (SSSR count). The zero-order chi connectivity index (χ0) is 22.7. The van der Waals surface area contributed by atoms with Crippen molar-refractivity contribution in [1.82, 2.24) is 9.78 Å². The van der Waals surface area contributed by atoms with Crippen molar-refractivity contribution >= 4 is 23.1 Å². The summed E-state index contributed by atoms with van der Waals surface area (Å²) < 4.78 is 7.08. The molecule has 5 nitrogen and oxygen atoms in total. The Labute approximate surface area is 191 Å². The number of carboxylic acids is 1. The largest absolute Gasteiger partial charge is 0.497 e. The van der Waals surface area contributed by atoms with Gasteiger partial charge in [0.2, 0.25) is 0 Å². The Hall–Kier alpha value is -3.83. The molecule has 0 saturated carbocycles. The number of benzene rings is 3. The lowest BCUT2D eigenvalue weighted by atomic mass is 10.0. The Kier molecular flexibility index (Phi) is 6.10. The van der Waals surface area contributed by atoms with Crippen molar-refractivity contribution in [3.05, 3.63) is 107 Å². The summed E-state index contributed by atoms with van der Waals surface area (Å²) >= 11 is 6.03. The number of carboxylic acid groups (broad SMARTS) is 1. The molecule has 0 spiro atoms. The number of nitrogens with zero attached hydrogens (tertiary/aromatic N) is 2. The Morgan fingerprint density at radius 1 is 1.00 bits per heavy atom. The molecule has 0 aliphatic heterocycles. The molecule has 0 atom stereocenters. The zero-order valence-electron chi connectivity index (χ0n) is 17.6. The molecule has 0 aliphatic rings. The normalized spacial score (nSPS) is 11.4. The highest BCUT2D eigenvalue weighted by atomic mass is 35.5. The summed E-state index contributed by atoms with van der Waals surface area (Å²) in [7, 11) is 1.62. The maximum Gasteiger partial charge on any atom is 0.329 e. The van der Waals surface area contributed by atoms with E-state index in [1.807, 2.05) is 66.2 Å². The summed E-state index contributed by atoms with van der Waals surface area (Å²) in [5.41, 5.74) is 5.55. The van der Waals surface area contributed by atoms with Gasteiger partial charge in [-0.3, -0.25) is 0 Å². The molecule has 4 aromatic rings. The van der Waals surface area contributed by atoms with Crippen molar-refractivity contribution in [2.75, 3.05) is 7.11 Å². The third-order valence-electron chi connectivity index (χ3n) is 5.07. The molecule has 160 valence electrons. The molecule has 1 aromatic heterocycles. The second kappa shape index (κ2) is 9.12. The van der Waals surface area contributed by atoms with Gasteiger partial charge in [-0.2, -0.15) is 5.10 Å². The quantitative estimate of drug-likeness (QED) is 0.369. The number of aryl methyl sites for hydroxylation is 1. The molecule has 3 aromatic carbocycles. The average Bonchev–Trinajstić information content (AvgIpc) is 3.24. The Balaban J connectivity index is 1.91. The fourth-order valence-corrected chi connectivity index (χ4v) is 3.55. The highest BCUT2D eigenvalue weighted by Crippen LogP contribution is 2.31. The molecule has 0 unspecified atom stereocenters. The number of hydrogen-bond acceptors (Lipinski definition) is 3. The maximum absolute atomic E-state index is 11.6. The van der Waals surface area contributed by atoms with Crippen LogP contribution in [0.15, 0.2) is 84.9 Å². The maximum atomic E-state index is 11.6. The number of carbonyl (C=O) groups is 1. The number of hydrogen-bond donors (Lipinski definition) is 1. The number of aliphatic carboxylic acids is 1. The fourth-order valence-electron chi connectivity index (χ4n) is 3.42. The van der Waals surface area contributed by atoms with Crippen LogP contribution in [0, 0.1) is 6.92 Å². The average molecular weight is 445 g/mol. The van der Waals surface area contributed by atoms with Crippen LogP contribution >= 0.6 is 11.6 Å². The topological polar surface area (TPSA) is 64.4 Å². The predicted octanol–water partition coefficient (Wildman–Crippen LogP) is 6.03. The van der Waals surface area contributed by atoms with Crippen LogP contribution in [0.3, 0.4) is 0 Å². The minimum atomic E-state index is -1.05. The minimum Gasteiger partial charge on any atom is -0.497 e. The van der Waals surface area contributed by atoms with Crippen LogP contribution in [0.1, 0.15) is 16.8 Å². The molecule has 0 amide bonds. The molecular weight excluding hydrogens is 424 g/mol. The van der Waals surface area contributed by atoms with Crippen molar-refractivity contribution < 1.29 is 14.6 Å². The van der Waals surface area contributed by atoms with Gasteiger partial charge in [-0.05, 0) is 55.0 Å². The van der Waals surface area contributed by atoms with E-state index in [9.17, 15) is 9.90 Å². The first-order valence-corrected chi connectivity index (χ1v) is 10.3. The number of methoxy groups -OCH3 is 1. The van der Waals surface area contributed by atoms with Gasteiger partial charge in [-0.1, -0.05) is 53.6 Å². The fraction of sp³-hybridized carbons (Fsp3) is 0.0769. The van der Waals surface area contributed by atoms with E-state index >= 15 is 0 Å². The number of ether oxygens (including phenoxy) is 1. The molecule has 0 aliphatic carbocycles. The van der Waals surface area contributed by atoms with E-state index in [1.165, 1.54) is 6.08 Å². The Morgan fingerprint density at radius 2 is 1.66 bits per heavy atom. The van der Waals surface area contributed by atoms with Gasteiger partial charge in [0.15, 0.2) is 0 Å². The lowest BCUT2D eigenvalue weighted by Gasteiger charge is -2.09. The molecular formula is C26H21ClN2O3. The van der Waals surface area contributed by atoms with Crippen LogP contribution in [0.4, 0.5) is 0 Å². The first-order valence-electron chi connectivity index (χ1n) is 9.97. The summed E-state index contributed by atoms with van der Waals surface area (Å²) in [5.74, 6) is -0.309. The number of rotatable bonds is 6. The van der Waals surface area contributed by atoms with Crippen LogP contribution in [-0.4, -0.2) is 28.0 Å². The van der Waals surface area contributed by atoms with Crippen LogP contribution in [0.2, 0.25) is 5.02 Å². The first-order chi connectivity index (χ1) is 15.4. The molecule has 0 radical (unpaired) electrons. The van der Waals surface area contributed by atoms with E-state index in [2.05, 4.69) is 0 Å². The summed E-state index contributed by atoms with van der Waals surface area (Å²) in [4.78, 5) is 11.6. The van der Waals surface area contributed by atoms with Crippen molar-refractivity contribution in [2.45, 2.75) is 6.92 Å². The molecule has 0 saturated heterocycles. The summed E-state index contributed by atoms with van der Waals surface area (Å²) in [6, 6.07) is 24.6. The van der Waals surface area contributed by atoms with Gasteiger partial charge in [-0.25, -0.2) is 9.48 Å². The SMILES string of the molecule is COc1ccc(-n2nc(/C(=C/C(=O)O)c3ccc(Cl)cc3)cc2-c2ccc(C)cc2)cc1. The van der Waals surface area contributed by atoms with Crippen LogP contribution in [0.5, 0.6) is 5.75 Å². The van der Waals surface area contributed by atoms with Gasteiger partial charge in [-0.15, -0.1) is 0 Å². The third-order valence-corrected chi connectivity index (χ3v) is 5.32. The second-order valence-electron chi connectivity index (χ2n) is 7.29. The standard InChI is InChI=1S/C26H21ClN2O3/c1-17-3-5-19(6-4-17)25-16-24(28-29(25)21-11-13-22(32-2)14-12-21)23(15-26(30)31)18-7-9-20(27)10-8-18/h3-16H,1-2H3,(H,30,31)/b23-15+. The van der Waals surface area contributed by atoms with Crippen molar-refractivity contribution in [1.29, 1.82) is 0 Å². The van der Waals surface area contributed by atoms with Gasteiger partial charge >= 0.3 is 5.97 Å². The smallest absolute Gasteiger partial charge is 0.329 e. The van der Waals surface area contributed by atoms with Crippen molar-refractivity contribution in [2.24, 2.45) is 0 Å². The van der Waals surface area contributed by atoms with E-state index < -0.39 is 5.97 Å². The van der Waals surface area contributed by atoms with Crippen LogP contribution in [0.25, 0.3) is 22.5 Å². The molecule has 0 fully saturated rings. The van der Waals surface area contributed by atoms with Gasteiger partial charge in [0, 0.05) is 22.2 Å². The summed E-state index contributed by atoms with van der Waals surface area (Å²) in [6.45, 7) is 2.03. The van der Waals surface area contributed by atoms with Crippen LogP contribution < -0.4 is 4.74 Å². The molecule has 32 heavy (non-hydrogen) atoms. The van der Waals surface area contributed by atoms with Gasteiger partial charge in [0.25, 0.3) is 0 Å². The monoisotopic (exact) mass is 444 g/mol. The third kappa shape index (κ3) is 4.58. The predicted molar refractivity (Wildman–Crippen MR) is 126 cm³/mol. The molecule has 0 bridgehead atoms. The second-order valence-corrected chi connectivity index (χ2v) is 7.73. The number of halogens is 1.